The number of carbonyl (C=O) groups excluding carboxylic acids is 1. The molecule has 3 aromatic rings. The molecule has 7 nitrogen and oxygen atoms in total. The monoisotopic (exact) mass is 493 g/mol. The molecule has 1 aromatic heterocycles. The molecule has 1 saturated heterocycles. The Labute approximate surface area is 208 Å². The van der Waals surface area contributed by atoms with Crippen molar-refractivity contribution < 1.29 is 28.7 Å². The van der Waals surface area contributed by atoms with Crippen molar-refractivity contribution in [2.45, 2.75) is 45.5 Å². The molecule has 0 saturated carbocycles. The van der Waals surface area contributed by atoms with Crippen LogP contribution in [0.15, 0.2) is 60.1 Å². The van der Waals surface area contributed by atoms with Crippen LogP contribution < -0.4 is 5.32 Å². The number of alkyl carbamates (subject to hydrolysis) is 1. The molecule has 1 fully saturated rings. The SMILES string of the molecule is CC1(C)OB(C(=Cc2cccc3sc(C(=O)O)cc23)CNC(=O)OCc2ccccc2)OC1(C)C. The van der Waals surface area contributed by atoms with E-state index in [1.54, 1.807) is 6.07 Å². The number of ether oxygens (including phenoxy) is 1. The fraction of sp³-hybridized carbons (Fsp3) is 0.308. The molecule has 0 spiro atoms. The van der Waals surface area contributed by atoms with Crippen molar-refractivity contribution in [3.63, 3.8) is 0 Å². The van der Waals surface area contributed by atoms with Crippen molar-refractivity contribution in [1.29, 1.82) is 0 Å². The van der Waals surface area contributed by atoms with Crippen molar-refractivity contribution in [3.8, 4) is 0 Å². The quantitative estimate of drug-likeness (QED) is 0.420. The molecule has 0 bridgehead atoms. The molecule has 2 heterocycles. The van der Waals surface area contributed by atoms with Crippen molar-refractivity contribution in [2.24, 2.45) is 0 Å². The number of hydrogen-bond donors (Lipinski definition) is 2. The number of hydrogen-bond acceptors (Lipinski definition) is 6. The van der Waals surface area contributed by atoms with Crippen molar-refractivity contribution >= 4 is 46.7 Å². The first-order chi connectivity index (χ1) is 16.6. The Bertz CT molecular complexity index is 1250. The van der Waals surface area contributed by atoms with Crippen LogP contribution in [-0.2, 0) is 20.7 Å². The molecule has 0 unspecified atom stereocenters. The third-order valence-corrected chi connectivity index (χ3v) is 7.44. The van der Waals surface area contributed by atoms with Gasteiger partial charge < -0.3 is 24.5 Å². The lowest BCUT2D eigenvalue weighted by Gasteiger charge is -2.32. The third kappa shape index (κ3) is 5.58. The number of nitrogens with one attached hydrogen (secondary N) is 1. The van der Waals surface area contributed by atoms with E-state index >= 15 is 0 Å². The van der Waals surface area contributed by atoms with Crippen molar-refractivity contribution in [3.05, 3.63) is 76.1 Å². The van der Waals surface area contributed by atoms with Gasteiger partial charge in [-0.1, -0.05) is 48.5 Å². The van der Waals surface area contributed by atoms with E-state index in [-0.39, 0.29) is 18.0 Å². The van der Waals surface area contributed by atoms with E-state index in [0.29, 0.717) is 5.47 Å². The first-order valence-corrected chi connectivity index (χ1v) is 12.1. The van der Waals surface area contributed by atoms with Crippen LogP contribution >= 0.6 is 11.3 Å². The Hall–Kier alpha value is -3.14. The molecule has 1 amide bonds. The zero-order chi connectivity index (χ0) is 25.2. The molecular weight excluding hydrogens is 465 g/mol. The highest BCUT2D eigenvalue weighted by molar-refractivity contribution is 7.20. The van der Waals surface area contributed by atoms with Gasteiger partial charge in [-0.3, -0.25) is 0 Å². The Morgan fingerprint density at radius 3 is 2.40 bits per heavy atom. The van der Waals surface area contributed by atoms with Crippen LogP contribution in [0.3, 0.4) is 0 Å². The molecule has 1 aliphatic rings. The fourth-order valence-electron chi connectivity index (χ4n) is 3.66. The summed E-state index contributed by atoms with van der Waals surface area (Å²) in [4.78, 5) is 24.2. The first-order valence-electron chi connectivity index (χ1n) is 11.3. The second-order valence-electron chi connectivity index (χ2n) is 9.40. The average molecular weight is 493 g/mol. The van der Waals surface area contributed by atoms with E-state index in [0.717, 1.165) is 21.2 Å². The molecule has 35 heavy (non-hydrogen) atoms. The van der Waals surface area contributed by atoms with Gasteiger partial charge in [-0.15, -0.1) is 11.3 Å². The molecule has 2 aromatic carbocycles. The standard InChI is InChI=1S/C26H28BNO6S/c1-25(2)26(3,4)34-27(33-25)19(15-28-24(31)32-16-17-9-6-5-7-10-17)13-18-11-8-12-21-20(18)14-22(35-21)23(29)30/h5-14H,15-16H2,1-4H3,(H,28,31)(H,29,30). The van der Waals surface area contributed by atoms with E-state index in [1.165, 1.54) is 11.3 Å². The van der Waals surface area contributed by atoms with Gasteiger partial charge in [0.05, 0.1) is 11.2 Å². The number of carboxylic acids is 1. The Morgan fingerprint density at radius 2 is 1.74 bits per heavy atom. The average Bonchev–Trinajstić information content (AvgIpc) is 3.34. The van der Waals surface area contributed by atoms with Crippen LogP contribution in [0.25, 0.3) is 16.2 Å². The summed E-state index contributed by atoms with van der Waals surface area (Å²) in [5.41, 5.74) is 1.28. The Morgan fingerprint density at radius 1 is 1.06 bits per heavy atom. The summed E-state index contributed by atoms with van der Waals surface area (Å²) in [6.45, 7) is 8.15. The maximum Gasteiger partial charge on any atom is 0.492 e. The molecule has 9 heteroatoms. The predicted molar refractivity (Wildman–Crippen MR) is 137 cm³/mol. The van der Waals surface area contributed by atoms with Gasteiger partial charge in [0.15, 0.2) is 0 Å². The van der Waals surface area contributed by atoms with E-state index in [9.17, 15) is 14.7 Å². The van der Waals surface area contributed by atoms with E-state index in [4.69, 9.17) is 14.0 Å². The predicted octanol–water partition coefficient (Wildman–Crippen LogP) is 5.54. The van der Waals surface area contributed by atoms with E-state index in [2.05, 4.69) is 5.32 Å². The van der Waals surface area contributed by atoms with Crippen molar-refractivity contribution in [1.82, 2.24) is 5.32 Å². The molecule has 0 radical (unpaired) electrons. The van der Waals surface area contributed by atoms with Gasteiger partial charge in [0, 0.05) is 16.6 Å². The molecule has 1 aliphatic heterocycles. The minimum atomic E-state index is -0.963. The highest BCUT2D eigenvalue weighted by atomic mass is 32.1. The summed E-state index contributed by atoms with van der Waals surface area (Å²) in [6, 6.07) is 16.8. The molecule has 0 atom stereocenters. The second-order valence-corrected chi connectivity index (χ2v) is 10.5. The van der Waals surface area contributed by atoms with Gasteiger partial charge in [0.1, 0.15) is 11.5 Å². The first kappa shape index (κ1) is 25.0. The van der Waals surface area contributed by atoms with Gasteiger partial charge in [-0.05, 0) is 56.4 Å². The highest BCUT2D eigenvalue weighted by Gasteiger charge is 2.52. The zero-order valence-electron chi connectivity index (χ0n) is 20.2. The number of carbonyl (C=O) groups is 2. The maximum atomic E-state index is 12.4. The lowest BCUT2D eigenvalue weighted by Crippen LogP contribution is -2.41. The third-order valence-electron chi connectivity index (χ3n) is 6.35. The minimum absolute atomic E-state index is 0.136. The normalized spacial score (nSPS) is 16.9. The lowest BCUT2D eigenvalue weighted by molar-refractivity contribution is 0.00578. The molecular formula is C26H28BNO6S. The number of benzene rings is 2. The lowest BCUT2D eigenvalue weighted by atomic mass is 9.76. The topological polar surface area (TPSA) is 94.1 Å². The van der Waals surface area contributed by atoms with Crippen LogP contribution in [0.1, 0.15) is 48.5 Å². The van der Waals surface area contributed by atoms with Gasteiger partial charge in [-0.25, -0.2) is 9.59 Å². The smallest absolute Gasteiger partial charge is 0.477 e. The Kier molecular flexibility index (Phi) is 7.03. The van der Waals surface area contributed by atoms with Gasteiger partial charge in [0.2, 0.25) is 0 Å². The number of rotatable bonds is 7. The minimum Gasteiger partial charge on any atom is -0.477 e. The van der Waals surface area contributed by atoms with E-state index in [1.807, 2.05) is 82.3 Å². The van der Waals surface area contributed by atoms with E-state index < -0.39 is 30.4 Å². The Balaban J connectivity index is 1.59. The van der Waals surface area contributed by atoms with Crippen LogP contribution in [0.2, 0.25) is 0 Å². The van der Waals surface area contributed by atoms with Crippen molar-refractivity contribution in [2.75, 3.05) is 6.54 Å². The number of carboxylic acid groups (broad SMARTS) is 1. The van der Waals surface area contributed by atoms with Gasteiger partial charge in [-0.2, -0.15) is 0 Å². The van der Waals surface area contributed by atoms with Crippen LogP contribution in [0, 0.1) is 0 Å². The highest BCUT2D eigenvalue weighted by Crippen LogP contribution is 2.39. The number of aromatic carboxylic acids is 1. The summed E-state index contributed by atoms with van der Waals surface area (Å²) in [5, 5.41) is 13.0. The summed E-state index contributed by atoms with van der Waals surface area (Å²) < 4.78 is 18.7. The summed E-state index contributed by atoms with van der Waals surface area (Å²) in [5.74, 6) is -0.963. The number of thiophene rings is 1. The van der Waals surface area contributed by atoms with Crippen LogP contribution in [0.5, 0.6) is 0 Å². The number of fused-ring (bicyclic) bond motifs is 1. The van der Waals surface area contributed by atoms with Crippen LogP contribution in [0.4, 0.5) is 4.79 Å². The largest absolute Gasteiger partial charge is 0.492 e. The molecule has 0 aliphatic carbocycles. The molecule has 182 valence electrons. The summed E-state index contributed by atoms with van der Waals surface area (Å²) in [6.07, 6.45) is 1.33. The number of amides is 1. The summed E-state index contributed by atoms with van der Waals surface area (Å²) in [7, 11) is -0.692. The zero-order valence-corrected chi connectivity index (χ0v) is 21.0. The van der Waals surface area contributed by atoms with Gasteiger partial charge in [0.25, 0.3) is 0 Å². The second kappa shape index (κ2) is 9.85. The maximum absolute atomic E-state index is 12.4. The fourth-order valence-corrected chi connectivity index (χ4v) is 4.59. The molecule has 4 rings (SSSR count). The molecule has 2 N–H and O–H groups in total. The van der Waals surface area contributed by atoms with Gasteiger partial charge >= 0.3 is 19.2 Å². The van der Waals surface area contributed by atoms with Crippen LogP contribution in [-0.4, -0.2) is 42.0 Å². The summed E-state index contributed by atoms with van der Waals surface area (Å²) >= 11 is 1.22.